The van der Waals surface area contributed by atoms with Gasteiger partial charge in [0.25, 0.3) is 0 Å². The highest BCUT2D eigenvalue weighted by molar-refractivity contribution is 14.0. The van der Waals surface area contributed by atoms with Crippen LogP contribution in [-0.2, 0) is 13.1 Å². The van der Waals surface area contributed by atoms with E-state index in [9.17, 15) is 0 Å². The number of nitrogens with two attached hydrogens (primary N) is 1. The van der Waals surface area contributed by atoms with Crippen molar-refractivity contribution in [2.45, 2.75) is 13.1 Å². The Morgan fingerprint density at radius 2 is 1.35 bits per heavy atom. The second kappa shape index (κ2) is 10.5. The van der Waals surface area contributed by atoms with E-state index < -0.39 is 0 Å². The molecular weight excluding hydrogens is 448 g/mol. The molecule has 8 heteroatoms. The van der Waals surface area contributed by atoms with E-state index in [1.165, 1.54) is 0 Å². The molecular formula is C15H18Cl2IN5. The molecule has 0 heterocycles. The minimum absolute atomic E-state index is 0. The Kier molecular flexibility index (Phi) is 9.08. The topological polar surface area (TPSA) is 74.5 Å². The van der Waals surface area contributed by atoms with E-state index in [4.69, 9.17) is 28.9 Å². The van der Waals surface area contributed by atoms with E-state index in [0.29, 0.717) is 23.1 Å². The summed E-state index contributed by atoms with van der Waals surface area (Å²) in [6, 6.07) is 15.1. The minimum atomic E-state index is 0. The van der Waals surface area contributed by atoms with Gasteiger partial charge in [-0.05, 0) is 35.4 Å². The smallest absolute Gasteiger partial charge is 0.225 e. The Balaban J connectivity index is 0.00000264. The number of nitrogens with one attached hydrogen (secondary N) is 3. The van der Waals surface area contributed by atoms with Crippen LogP contribution in [0, 0.1) is 0 Å². The minimum Gasteiger partial charge on any atom is -0.367 e. The van der Waals surface area contributed by atoms with Crippen LogP contribution in [0.3, 0.4) is 0 Å². The number of halogens is 3. The van der Waals surface area contributed by atoms with Crippen molar-refractivity contribution in [2.75, 3.05) is 0 Å². The van der Waals surface area contributed by atoms with Gasteiger partial charge in [0, 0.05) is 16.6 Å². The highest BCUT2D eigenvalue weighted by Gasteiger charge is 1.95. The van der Waals surface area contributed by atoms with Crippen LogP contribution in [0.5, 0.6) is 0 Å². The van der Waals surface area contributed by atoms with Gasteiger partial charge in [0.1, 0.15) is 0 Å². The van der Waals surface area contributed by atoms with Crippen LogP contribution >= 0.6 is 47.2 Å². The molecule has 0 aliphatic heterocycles. The first-order chi connectivity index (χ1) is 10.6. The summed E-state index contributed by atoms with van der Waals surface area (Å²) >= 11 is 11.6. The van der Waals surface area contributed by atoms with Crippen LogP contribution < -0.4 is 22.0 Å². The molecule has 0 aliphatic carbocycles. The summed E-state index contributed by atoms with van der Waals surface area (Å²) in [7, 11) is 0. The maximum Gasteiger partial charge on any atom is 0.225 e. The Morgan fingerprint density at radius 3 is 1.87 bits per heavy atom. The number of hydrogen-bond donors (Lipinski definition) is 4. The van der Waals surface area contributed by atoms with Gasteiger partial charge in [-0.3, -0.25) is 5.43 Å². The zero-order valence-corrected chi connectivity index (χ0v) is 16.1. The lowest BCUT2D eigenvalue weighted by molar-refractivity contribution is 0.635. The van der Waals surface area contributed by atoms with Crippen LogP contribution in [0.4, 0.5) is 0 Å². The van der Waals surface area contributed by atoms with Gasteiger partial charge in [-0.2, -0.15) is 0 Å². The van der Waals surface area contributed by atoms with Crippen molar-refractivity contribution in [3.05, 3.63) is 69.7 Å². The maximum absolute atomic E-state index is 5.82. The number of hydrazine groups is 1. The third-order valence-corrected chi connectivity index (χ3v) is 3.32. The van der Waals surface area contributed by atoms with Gasteiger partial charge in [-0.25, -0.2) is 5.43 Å². The molecule has 0 spiro atoms. The first kappa shape index (κ1) is 19.8. The van der Waals surface area contributed by atoms with Gasteiger partial charge >= 0.3 is 0 Å². The van der Waals surface area contributed by atoms with Crippen LogP contribution in [-0.4, -0.2) is 5.96 Å². The predicted molar refractivity (Wildman–Crippen MR) is 107 cm³/mol. The van der Waals surface area contributed by atoms with E-state index in [0.717, 1.165) is 11.1 Å². The average Bonchev–Trinajstić information content (AvgIpc) is 2.51. The fourth-order valence-electron chi connectivity index (χ4n) is 1.69. The molecule has 0 unspecified atom stereocenters. The molecule has 0 radical (unpaired) electrons. The molecule has 5 nitrogen and oxygen atoms in total. The third kappa shape index (κ3) is 7.74. The van der Waals surface area contributed by atoms with Gasteiger partial charge < -0.3 is 11.2 Å². The normalized spacial score (nSPS) is 10.8. The monoisotopic (exact) mass is 465 g/mol. The summed E-state index contributed by atoms with van der Waals surface area (Å²) in [6.07, 6.45) is 0. The van der Waals surface area contributed by atoms with E-state index in [2.05, 4.69) is 21.4 Å². The molecule has 23 heavy (non-hydrogen) atoms. The molecule has 0 bridgehead atoms. The van der Waals surface area contributed by atoms with Crippen molar-refractivity contribution >= 4 is 53.1 Å². The summed E-state index contributed by atoms with van der Waals surface area (Å²) in [5, 5.41) is 5.42. The summed E-state index contributed by atoms with van der Waals surface area (Å²) in [4.78, 5) is 0. The summed E-state index contributed by atoms with van der Waals surface area (Å²) in [5.41, 5.74) is 16.5. The summed E-state index contributed by atoms with van der Waals surface area (Å²) in [5.74, 6) is 0.253. The highest BCUT2D eigenvalue weighted by atomic mass is 127. The second-order valence-electron chi connectivity index (χ2n) is 4.56. The lowest BCUT2D eigenvalue weighted by Crippen LogP contribution is -2.42. The number of hydrazone groups is 1. The molecule has 2 aromatic rings. The van der Waals surface area contributed by atoms with Crippen molar-refractivity contribution in [1.29, 1.82) is 0 Å². The first-order valence-corrected chi connectivity index (χ1v) is 7.43. The molecule has 0 saturated carbocycles. The lowest BCUT2D eigenvalue weighted by Gasteiger charge is -2.08. The molecule has 0 amide bonds. The van der Waals surface area contributed by atoms with E-state index >= 15 is 0 Å². The van der Waals surface area contributed by atoms with Crippen LogP contribution in [0.2, 0.25) is 10.0 Å². The second-order valence-corrected chi connectivity index (χ2v) is 5.44. The standard InChI is InChI=1S/C15H17Cl2N5.HI/c16-13-5-1-11(2-6-13)9-19-21-15(18)22-20-10-12-3-7-14(17)8-4-12;/h1-8,19-20H,9-10H2,(H3,18,21,22);1H. The van der Waals surface area contributed by atoms with Crippen LogP contribution in [0.1, 0.15) is 11.1 Å². The zero-order valence-electron chi connectivity index (χ0n) is 12.2. The van der Waals surface area contributed by atoms with E-state index in [1.807, 2.05) is 48.5 Å². The first-order valence-electron chi connectivity index (χ1n) is 6.67. The predicted octanol–water partition coefficient (Wildman–Crippen LogP) is 3.23. The fraction of sp³-hybridized carbons (Fsp3) is 0.133. The molecule has 5 N–H and O–H groups in total. The molecule has 0 fully saturated rings. The molecule has 124 valence electrons. The molecule has 0 aliphatic rings. The van der Waals surface area contributed by atoms with E-state index in [-0.39, 0.29) is 29.9 Å². The number of hydrogen-bond acceptors (Lipinski definition) is 3. The molecule has 2 aromatic carbocycles. The Bertz CT molecular complexity index is 617. The van der Waals surface area contributed by atoms with Crippen molar-refractivity contribution in [2.24, 2.45) is 10.8 Å². The molecule has 2 rings (SSSR count). The van der Waals surface area contributed by atoms with Gasteiger partial charge in [0.05, 0.1) is 6.54 Å². The van der Waals surface area contributed by atoms with Crippen molar-refractivity contribution < 1.29 is 0 Å². The van der Waals surface area contributed by atoms with Crippen molar-refractivity contribution in [3.63, 3.8) is 0 Å². The zero-order chi connectivity index (χ0) is 15.8. The Morgan fingerprint density at radius 1 is 0.870 bits per heavy atom. The number of rotatable bonds is 6. The van der Waals surface area contributed by atoms with Gasteiger partial charge in [-0.15, -0.1) is 29.1 Å². The maximum atomic E-state index is 5.82. The van der Waals surface area contributed by atoms with Crippen molar-refractivity contribution in [1.82, 2.24) is 16.3 Å². The third-order valence-electron chi connectivity index (χ3n) is 2.82. The molecule has 0 aromatic heterocycles. The van der Waals surface area contributed by atoms with Crippen LogP contribution in [0.25, 0.3) is 0 Å². The molecule has 0 saturated heterocycles. The van der Waals surface area contributed by atoms with Crippen molar-refractivity contribution in [3.8, 4) is 0 Å². The number of nitrogens with zero attached hydrogens (tertiary/aromatic N) is 1. The number of benzene rings is 2. The largest absolute Gasteiger partial charge is 0.367 e. The average molecular weight is 466 g/mol. The van der Waals surface area contributed by atoms with Gasteiger partial charge in [0.2, 0.25) is 5.96 Å². The Labute approximate surface area is 162 Å². The lowest BCUT2D eigenvalue weighted by atomic mass is 10.2. The SMILES string of the molecule is I.N/C(=N/NCc1ccc(Cl)cc1)NNCc1ccc(Cl)cc1. The van der Waals surface area contributed by atoms with Crippen LogP contribution in [0.15, 0.2) is 53.6 Å². The highest BCUT2D eigenvalue weighted by Crippen LogP contribution is 2.09. The summed E-state index contributed by atoms with van der Waals surface area (Å²) in [6.45, 7) is 1.17. The quantitative estimate of drug-likeness (QED) is 0.229. The van der Waals surface area contributed by atoms with E-state index in [1.54, 1.807) is 0 Å². The van der Waals surface area contributed by atoms with Gasteiger partial charge in [0.15, 0.2) is 0 Å². The molecule has 0 atom stereocenters. The van der Waals surface area contributed by atoms with Gasteiger partial charge in [-0.1, -0.05) is 47.5 Å². The summed E-state index contributed by atoms with van der Waals surface area (Å²) < 4.78 is 0. The Hall–Kier alpha value is -1.22. The fourth-order valence-corrected chi connectivity index (χ4v) is 1.94. The number of guanidine groups is 1.